The van der Waals surface area contributed by atoms with E-state index in [-0.39, 0.29) is 17.7 Å². The Morgan fingerprint density at radius 3 is 2.53 bits per heavy atom. The molecule has 0 bridgehead atoms. The molecule has 3 N–H and O–H groups in total. The average molecular weight is 429 g/mol. The number of aromatic hydroxyl groups is 1. The lowest BCUT2D eigenvalue weighted by Crippen LogP contribution is -2.24. The fourth-order valence-corrected chi connectivity index (χ4v) is 3.59. The van der Waals surface area contributed by atoms with Gasteiger partial charge in [-0.05, 0) is 31.5 Å². The first kappa shape index (κ1) is 21.1. The van der Waals surface area contributed by atoms with Gasteiger partial charge in [0.15, 0.2) is 0 Å². The summed E-state index contributed by atoms with van der Waals surface area (Å²) in [5, 5.41) is 11.8. The van der Waals surface area contributed by atoms with Gasteiger partial charge < -0.3 is 14.6 Å². The van der Waals surface area contributed by atoms with Crippen molar-refractivity contribution in [2.24, 2.45) is 4.99 Å². The molecule has 0 unspecified atom stereocenters. The molecule has 0 radical (unpaired) electrons. The summed E-state index contributed by atoms with van der Waals surface area (Å²) >= 11 is 1.18. The van der Waals surface area contributed by atoms with Crippen molar-refractivity contribution in [3.05, 3.63) is 61.6 Å². The first-order valence-corrected chi connectivity index (χ1v) is 9.94. The molecule has 2 aromatic heterocycles. The molecule has 0 saturated carbocycles. The van der Waals surface area contributed by atoms with Crippen LogP contribution in [-0.4, -0.2) is 40.5 Å². The molecule has 0 fully saturated rings. The Bertz CT molecular complexity index is 1190. The van der Waals surface area contributed by atoms with E-state index in [0.29, 0.717) is 22.9 Å². The second-order valence-corrected chi connectivity index (χ2v) is 6.79. The average Bonchev–Trinajstić information content (AvgIpc) is 3.12. The highest BCUT2D eigenvalue weighted by Crippen LogP contribution is 2.38. The lowest BCUT2D eigenvalue weighted by atomic mass is 10.0. The lowest BCUT2D eigenvalue weighted by molar-refractivity contribution is 0.0529. The van der Waals surface area contributed by atoms with Crippen molar-refractivity contribution >= 4 is 28.5 Å². The number of carbonyl (C=O) groups excluding carboxylic acids is 1. The van der Waals surface area contributed by atoms with Crippen LogP contribution >= 0.6 is 11.3 Å². The van der Waals surface area contributed by atoms with E-state index >= 15 is 0 Å². The Kier molecular flexibility index (Phi) is 6.48. The first-order chi connectivity index (χ1) is 14.4. The fourth-order valence-electron chi connectivity index (χ4n) is 2.68. The van der Waals surface area contributed by atoms with Crippen LogP contribution in [-0.2, 0) is 4.74 Å². The number of nitrogens with zero attached hydrogens (tertiary/aromatic N) is 1. The number of aliphatic imine (C=N–C) groups is 1. The highest BCUT2D eigenvalue weighted by molar-refractivity contribution is 7.14. The highest BCUT2D eigenvalue weighted by atomic mass is 32.1. The fraction of sp³-hybridized carbons (Fsp3) is 0.200. The number of nitrogens with one attached hydrogen (secondary N) is 2. The summed E-state index contributed by atoms with van der Waals surface area (Å²) in [4.78, 5) is 43.9. The van der Waals surface area contributed by atoms with Crippen molar-refractivity contribution in [2.45, 2.75) is 13.8 Å². The van der Waals surface area contributed by atoms with Crippen molar-refractivity contribution in [3.8, 4) is 22.8 Å². The van der Waals surface area contributed by atoms with Gasteiger partial charge in [0.05, 0.1) is 13.2 Å². The molecule has 0 aliphatic heterocycles. The van der Waals surface area contributed by atoms with E-state index in [1.54, 1.807) is 24.4 Å². The van der Waals surface area contributed by atoms with E-state index in [1.807, 2.05) is 24.0 Å². The molecule has 30 heavy (non-hydrogen) atoms. The Labute approximate surface area is 174 Å². The Hall–Kier alpha value is -3.66. The number of hydrogen-bond acceptors (Lipinski definition) is 8. The third-order valence-electron chi connectivity index (χ3n) is 4.00. The minimum atomic E-state index is -0.837. The van der Waals surface area contributed by atoms with Crippen LogP contribution in [0.4, 0.5) is 5.00 Å². The molecule has 1 aromatic carbocycles. The van der Waals surface area contributed by atoms with Crippen molar-refractivity contribution in [1.29, 1.82) is 0 Å². The van der Waals surface area contributed by atoms with Gasteiger partial charge in [-0.3, -0.25) is 14.8 Å². The number of H-pyrrole nitrogens is 2. The second-order valence-electron chi connectivity index (χ2n) is 5.94. The number of carbonyl (C=O) groups is 1. The predicted molar refractivity (Wildman–Crippen MR) is 113 cm³/mol. The van der Waals surface area contributed by atoms with Crippen LogP contribution in [0.25, 0.3) is 11.1 Å². The quantitative estimate of drug-likeness (QED) is 0.391. The van der Waals surface area contributed by atoms with E-state index in [4.69, 9.17) is 9.47 Å². The summed E-state index contributed by atoms with van der Waals surface area (Å²) in [6.45, 7) is 4.31. The summed E-state index contributed by atoms with van der Waals surface area (Å²) in [5.41, 5.74) is -0.253. The topological polar surface area (TPSA) is 134 Å². The summed E-state index contributed by atoms with van der Waals surface area (Å²) in [6.07, 6.45) is 1.08. The number of benzene rings is 1. The summed E-state index contributed by atoms with van der Waals surface area (Å²) in [6, 6.07) is 7.24. The van der Waals surface area contributed by atoms with Gasteiger partial charge in [0.2, 0.25) is 5.88 Å². The monoisotopic (exact) mass is 429 g/mol. The van der Waals surface area contributed by atoms with Crippen molar-refractivity contribution in [3.63, 3.8) is 0 Å². The second kappa shape index (κ2) is 9.23. The maximum Gasteiger partial charge on any atom is 0.341 e. The standard InChI is InChI=1S/C20H19N3O6S/c1-3-28-12-7-5-11(6-8-12)14-10-30-18(15(14)19(26)29-4-2)21-9-13-16(24)22-20(27)23-17(13)25/h5-10H,3-4H2,1-2H3,(H3,22,23,24,25,27)/b21-9+. The number of aromatic nitrogens is 2. The molecule has 9 nitrogen and oxygen atoms in total. The lowest BCUT2D eigenvalue weighted by Gasteiger charge is -2.07. The molecule has 0 spiro atoms. The summed E-state index contributed by atoms with van der Waals surface area (Å²) in [5.74, 6) is -0.469. The van der Waals surface area contributed by atoms with Gasteiger partial charge in [0, 0.05) is 17.2 Å². The number of hydrogen-bond donors (Lipinski definition) is 3. The zero-order valence-electron chi connectivity index (χ0n) is 16.2. The van der Waals surface area contributed by atoms with E-state index < -0.39 is 23.1 Å². The summed E-state index contributed by atoms with van der Waals surface area (Å²) in [7, 11) is 0. The van der Waals surface area contributed by atoms with Gasteiger partial charge >= 0.3 is 11.7 Å². The summed E-state index contributed by atoms with van der Waals surface area (Å²) < 4.78 is 10.6. The van der Waals surface area contributed by atoms with Crippen LogP contribution in [0.3, 0.4) is 0 Å². The predicted octanol–water partition coefficient (Wildman–Crippen LogP) is 2.82. The van der Waals surface area contributed by atoms with E-state index in [0.717, 1.165) is 11.8 Å². The van der Waals surface area contributed by atoms with Gasteiger partial charge in [0.1, 0.15) is 21.9 Å². The SMILES string of the molecule is CCOC(=O)c1c(-c2ccc(OCC)cc2)csc1/N=C/c1c(O)[nH]c(=O)[nH]c1=O. The van der Waals surface area contributed by atoms with Crippen LogP contribution in [0.1, 0.15) is 29.8 Å². The van der Waals surface area contributed by atoms with Crippen molar-refractivity contribution in [1.82, 2.24) is 9.97 Å². The zero-order valence-corrected chi connectivity index (χ0v) is 17.0. The molecular weight excluding hydrogens is 410 g/mol. The third kappa shape index (κ3) is 4.49. The van der Waals surface area contributed by atoms with Crippen LogP contribution in [0.15, 0.2) is 44.2 Å². The van der Waals surface area contributed by atoms with Crippen molar-refractivity contribution in [2.75, 3.05) is 13.2 Å². The molecule has 10 heteroatoms. The molecule has 0 atom stereocenters. The number of thiophene rings is 1. The van der Waals surface area contributed by atoms with E-state index in [1.165, 1.54) is 11.3 Å². The van der Waals surface area contributed by atoms with E-state index in [9.17, 15) is 19.5 Å². The third-order valence-corrected chi connectivity index (χ3v) is 4.88. The van der Waals surface area contributed by atoms with Crippen LogP contribution in [0, 0.1) is 0 Å². The van der Waals surface area contributed by atoms with Gasteiger partial charge in [0.25, 0.3) is 5.56 Å². The largest absolute Gasteiger partial charge is 0.494 e. The molecule has 3 rings (SSSR count). The number of rotatable bonds is 7. The molecule has 0 aliphatic rings. The van der Waals surface area contributed by atoms with Crippen LogP contribution < -0.4 is 16.0 Å². The molecule has 156 valence electrons. The molecule has 3 aromatic rings. The molecule has 0 amide bonds. The minimum Gasteiger partial charge on any atom is -0.494 e. The normalized spacial score (nSPS) is 11.0. The Morgan fingerprint density at radius 1 is 1.17 bits per heavy atom. The maximum absolute atomic E-state index is 12.6. The number of ether oxygens (including phenoxy) is 2. The zero-order chi connectivity index (χ0) is 21.7. The first-order valence-electron chi connectivity index (χ1n) is 9.06. The van der Waals surface area contributed by atoms with Gasteiger partial charge in [-0.2, -0.15) is 0 Å². The van der Waals surface area contributed by atoms with Crippen molar-refractivity contribution < 1.29 is 19.4 Å². The molecule has 0 aliphatic carbocycles. The minimum absolute atomic E-state index is 0.181. The highest BCUT2D eigenvalue weighted by Gasteiger charge is 2.21. The Balaban J connectivity index is 2.04. The maximum atomic E-state index is 12.6. The van der Waals surface area contributed by atoms with Crippen LogP contribution in [0.5, 0.6) is 11.6 Å². The van der Waals surface area contributed by atoms with E-state index in [2.05, 4.69) is 9.98 Å². The number of aromatic amines is 2. The van der Waals surface area contributed by atoms with Crippen LogP contribution in [0.2, 0.25) is 0 Å². The molecular formula is C20H19N3O6S. The van der Waals surface area contributed by atoms with Gasteiger partial charge in [-0.1, -0.05) is 12.1 Å². The molecule has 2 heterocycles. The van der Waals surface area contributed by atoms with Gasteiger partial charge in [-0.15, -0.1) is 11.3 Å². The Morgan fingerprint density at radius 2 is 1.90 bits per heavy atom. The number of esters is 1. The smallest absolute Gasteiger partial charge is 0.341 e. The molecule has 0 saturated heterocycles. The van der Waals surface area contributed by atoms with Gasteiger partial charge in [-0.25, -0.2) is 14.6 Å².